The number of thiazole rings is 1. The van der Waals surface area contributed by atoms with Crippen LogP contribution in [-0.4, -0.2) is 82.6 Å². The van der Waals surface area contributed by atoms with Crippen LogP contribution in [0.3, 0.4) is 0 Å². The number of pyridine rings is 1. The molecule has 3 aromatic rings. The molecular weight excluding hydrogens is 594 g/mol. The van der Waals surface area contributed by atoms with Crippen LogP contribution in [0.5, 0.6) is 11.5 Å². The predicted molar refractivity (Wildman–Crippen MR) is 175 cm³/mol. The molecule has 2 aromatic heterocycles. The monoisotopic (exact) mass is 639 g/mol. The van der Waals surface area contributed by atoms with Gasteiger partial charge in [0, 0.05) is 54.5 Å². The molecule has 1 saturated carbocycles. The number of anilines is 1. The number of hydrogen-bond acceptors (Lipinski definition) is 10. The minimum Gasteiger partial charge on any atom is -0.497 e. The molecule has 12 heteroatoms. The van der Waals surface area contributed by atoms with E-state index in [2.05, 4.69) is 24.5 Å². The minimum absolute atomic E-state index is 0.0515. The van der Waals surface area contributed by atoms with Gasteiger partial charge in [-0.25, -0.2) is 14.8 Å². The SMILES string of the molecule is COc1ccc2c(O[C@@H]3C[C@@H](C(=O)O)N(C[C@@H](NC(=O)OC4CCCC4)C(C)(C)C)C3)cc(-c3csc(NC(C)C)n3)nc2c1. The first-order valence-electron chi connectivity index (χ1n) is 15.7. The van der Waals surface area contributed by atoms with Crippen LogP contribution >= 0.6 is 11.3 Å². The van der Waals surface area contributed by atoms with E-state index in [0.717, 1.165) is 41.9 Å². The van der Waals surface area contributed by atoms with E-state index in [1.165, 1.54) is 11.3 Å². The molecular formula is C33H45N5O6S. The molecule has 0 bridgehead atoms. The Kier molecular flexibility index (Phi) is 10.0. The Morgan fingerprint density at radius 2 is 1.87 bits per heavy atom. The quantitative estimate of drug-likeness (QED) is 0.223. The van der Waals surface area contributed by atoms with Gasteiger partial charge >= 0.3 is 12.1 Å². The molecule has 1 aliphatic heterocycles. The Hall–Kier alpha value is -3.64. The van der Waals surface area contributed by atoms with E-state index in [1.54, 1.807) is 7.11 Å². The molecule has 2 aliphatic rings. The summed E-state index contributed by atoms with van der Waals surface area (Å²) < 4.78 is 17.7. The lowest BCUT2D eigenvalue weighted by atomic mass is 9.86. The van der Waals surface area contributed by atoms with Crippen LogP contribution < -0.4 is 20.1 Å². The highest BCUT2D eigenvalue weighted by molar-refractivity contribution is 7.14. The van der Waals surface area contributed by atoms with E-state index in [0.29, 0.717) is 42.2 Å². The van der Waals surface area contributed by atoms with E-state index in [4.69, 9.17) is 24.2 Å². The van der Waals surface area contributed by atoms with E-state index < -0.39 is 24.2 Å². The molecule has 45 heavy (non-hydrogen) atoms. The smallest absolute Gasteiger partial charge is 0.407 e. The number of amides is 1. The second-order valence-electron chi connectivity index (χ2n) is 13.4. The lowest BCUT2D eigenvalue weighted by Crippen LogP contribution is -2.53. The fourth-order valence-corrected chi connectivity index (χ4v) is 6.78. The third-order valence-electron chi connectivity index (χ3n) is 8.43. The first-order valence-corrected chi connectivity index (χ1v) is 16.6. The first kappa shape index (κ1) is 32.7. The maximum Gasteiger partial charge on any atom is 0.407 e. The number of alkyl carbamates (subject to hydrolysis) is 1. The summed E-state index contributed by atoms with van der Waals surface area (Å²) in [4.78, 5) is 36.8. The van der Waals surface area contributed by atoms with Crippen LogP contribution in [0, 0.1) is 5.41 Å². The summed E-state index contributed by atoms with van der Waals surface area (Å²) in [6.45, 7) is 11.0. The summed E-state index contributed by atoms with van der Waals surface area (Å²) in [5.74, 6) is 0.356. The summed E-state index contributed by atoms with van der Waals surface area (Å²) in [7, 11) is 1.61. The van der Waals surface area contributed by atoms with Gasteiger partial charge in [0.15, 0.2) is 5.13 Å². The maximum atomic E-state index is 12.8. The Morgan fingerprint density at radius 3 is 2.53 bits per heavy atom. The van der Waals surface area contributed by atoms with Gasteiger partial charge in [0.2, 0.25) is 0 Å². The van der Waals surface area contributed by atoms with Crippen molar-refractivity contribution in [2.45, 2.75) is 97.1 Å². The van der Waals surface area contributed by atoms with Crippen LogP contribution in [-0.2, 0) is 9.53 Å². The van der Waals surface area contributed by atoms with Gasteiger partial charge in [-0.15, -0.1) is 11.3 Å². The molecule has 5 rings (SSSR count). The third kappa shape index (κ3) is 8.15. The van der Waals surface area contributed by atoms with Crippen molar-refractivity contribution in [3.05, 3.63) is 29.6 Å². The molecule has 11 nitrogen and oxygen atoms in total. The first-order chi connectivity index (χ1) is 21.4. The lowest BCUT2D eigenvalue weighted by Gasteiger charge is -2.35. The van der Waals surface area contributed by atoms with Crippen molar-refractivity contribution < 1.29 is 28.9 Å². The largest absolute Gasteiger partial charge is 0.497 e. The van der Waals surface area contributed by atoms with Crippen molar-refractivity contribution in [2.24, 2.45) is 5.41 Å². The van der Waals surface area contributed by atoms with Crippen LogP contribution in [0.4, 0.5) is 9.93 Å². The summed E-state index contributed by atoms with van der Waals surface area (Å²) in [5.41, 5.74) is 1.73. The van der Waals surface area contributed by atoms with Crippen molar-refractivity contribution in [1.82, 2.24) is 20.2 Å². The molecule has 1 amide bonds. The average Bonchev–Trinajstić information content (AvgIpc) is 3.73. The predicted octanol–water partition coefficient (Wildman–Crippen LogP) is 6.18. The van der Waals surface area contributed by atoms with Crippen molar-refractivity contribution in [3.63, 3.8) is 0 Å². The summed E-state index contributed by atoms with van der Waals surface area (Å²) >= 11 is 1.51. The van der Waals surface area contributed by atoms with Crippen molar-refractivity contribution in [3.8, 4) is 22.9 Å². The normalized spacial score (nSPS) is 20.0. The molecule has 2 fully saturated rings. The number of carbonyl (C=O) groups is 2. The van der Waals surface area contributed by atoms with Crippen molar-refractivity contribution in [2.75, 3.05) is 25.5 Å². The van der Waals surface area contributed by atoms with E-state index in [-0.39, 0.29) is 23.6 Å². The van der Waals surface area contributed by atoms with Gasteiger partial charge in [-0.05, 0) is 57.1 Å². The number of fused-ring (bicyclic) bond motifs is 1. The molecule has 1 aliphatic carbocycles. The van der Waals surface area contributed by atoms with Gasteiger partial charge in [-0.3, -0.25) is 9.69 Å². The maximum absolute atomic E-state index is 12.8. The van der Waals surface area contributed by atoms with Gasteiger partial charge in [-0.2, -0.15) is 0 Å². The van der Waals surface area contributed by atoms with Gasteiger partial charge in [0.05, 0.1) is 18.3 Å². The van der Waals surface area contributed by atoms with Crippen LogP contribution in [0.25, 0.3) is 22.3 Å². The number of aromatic nitrogens is 2. The number of hydrogen-bond donors (Lipinski definition) is 3. The van der Waals surface area contributed by atoms with Crippen LogP contribution in [0.15, 0.2) is 29.6 Å². The molecule has 3 heterocycles. The standard InChI is InChI=1S/C33H45N5O6S/c1-19(2)34-31-36-26(18-45-31)25-15-28(23-12-11-21(42-6)13-24(23)35-25)43-22-14-27(30(39)40)38(16-22)17-29(33(3,4)5)37-32(41)44-20-9-7-8-10-20/h11-13,15,18-20,22,27,29H,7-10,14,16-17H2,1-6H3,(H,34,36)(H,37,41)(H,39,40)/t22-,27+,29-/m1/s1. The summed E-state index contributed by atoms with van der Waals surface area (Å²) in [6.07, 6.45) is 3.31. The Bertz CT molecular complexity index is 1500. The Balaban J connectivity index is 1.37. The molecule has 0 unspecified atom stereocenters. The second-order valence-corrected chi connectivity index (χ2v) is 14.2. The topological polar surface area (TPSA) is 135 Å². The Morgan fingerprint density at radius 1 is 1.11 bits per heavy atom. The number of carboxylic acid groups (broad SMARTS) is 1. The number of rotatable bonds is 11. The van der Waals surface area contributed by atoms with Crippen LogP contribution in [0.1, 0.15) is 66.7 Å². The van der Waals surface area contributed by atoms with Crippen molar-refractivity contribution in [1.29, 1.82) is 0 Å². The Labute approximate surface area is 268 Å². The minimum atomic E-state index is -0.917. The van der Waals surface area contributed by atoms with Crippen molar-refractivity contribution >= 4 is 39.4 Å². The fraction of sp³-hybridized carbons (Fsp3) is 0.576. The number of aliphatic carboxylic acids is 1. The molecule has 1 saturated heterocycles. The zero-order chi connectivity index (χ0) is 32.3. The second kappa shape index (κ2) is 13.8. The number of likely N-dealkylation sites (tertiary alicyclic amines) is 1. The van der Waals surface area contributed by atoms with Gasteiger partial charge in [0.1, 0.15) is 35.4 Å². The van der Waals surface area contributed by atoms with Crippen LogP contribution in [0.2, 0.25) is 0 Å². The number of nitrogens with one attached hydrogen (secondary N) is 2. The number of methoxy groups -OCH3 is 1. The highest BCUT2D eigenvalue weighted by atomic mass is 32.1. The highest BCUT2D eigenvalue weighted by Gasteiger charge is 2.41. The summed E-state index contributed by atoms with van der Waals surface area (Å²) in [6, 6.07) is 6.65. The molecule has 3 N–H and O–H groups in total. The number of benzene rings is 1. The molecule has 0 spiro atoms. The zero-order valence-corrected chi connectivity index (χ0v) is 27.8. The van der Waals surface area contributed by atoms with E-state index >= 15 is 0 Å². The lowest BCUT2D eigenvalue weighted by molar-refractivity contribution is -0.142. The van der Waals surface area contributed by atoms with Gasteiger partial charge in [-0.1, -0.05) is 20.8 Å². The molecule has 0 radical (unpaired) electrons. The molecule has 3 atom stereocenters. The number of ether oxygens (including phenoxy) is 3. The van der Waals surface area contributed by atoms with E-state index in [9.17, 15) is 14.7 Å². The molecule has 1 aromatic carbocycles. The van der Waals surface area contributed by atoms with E-state index in [1.807, 2.05) is 55.3 Å². The average molecular weight is 640 g/mol. The summed E-state index contributed by atoms with van der Waals surface area (Å²) in [5, 5.41) is 20.1. The number of carbonyl (C=O) groups excluding carboxylic acids is 1. The zero-order valence-electron chi connectivity index (χ0n) is 27.0. The number of carboxylic acids is 1. The third-order valence-corrected chi connectivity index (χ3v) is 9.21. The van der Waals surface area contributed by atoms with Gasteiger partial charge in [0.25, 0.3) is 0 Å². The highest BCUT2D eigenvalue weighted by Crippen LogP contribution is 2.36. The number of nitrogens with zero attached hydrogens (tertiary/aromatic N) is 3. The van der Waals surface area contributed by atoms with Gasteiger partial charge < -0.3 is 30.0 Å². The fourth-order valence-electron chi connectivity index (χ4n) is 5.93. The molecule has 244 valence electrons.